The number of nitrogens with zero attached hydrogens (tertiary/aromatic N) is 3. The van der Waals surface area contributed by atoms with E-state index in [1.165, 1.54) is 12.1 Å². The first-order chi connectivity index (χ1) is 16.0. The summed E-state index contributed by atoms with van der Waals surface area (Å²) in [6.07, 6.45) is 2.06. The zero-order valence-corrected chi connectivity index (χ0v) is 19.8. The number of thiocarbonyl (C=S) groups is 1. The second kappa shape index (κ2) is 10.1. The Morgan fingerprint density at radius 3 is 2.52 bits per heavy atom. The highest BCUT2D eigenvalue weighted by atomic mass is 32.1. The minimum Gasteiger partial charge on any atom is -0.494 e. The molecule has 0 spiro atoms. The number of benzene rings is 2. The summed E-state index contributed by atoms with van der Waals surface area (Å²) in [4.78, 5) is 6.74. The van der Waals surface area contributed by atoms with E-state index in [-0.39, 0.29) is 11.9 Å². The molecule has 1 N–H and O–H groups in total. The molecule has 4 rings (SSSR count). The molecule has 0 saturated carbocycles. The van der Waals surface area contributed by atoms with Crippen LogP contribution in [0.25, 0.3) is 17.0 Å². The molecule has 0 saturated heterocycles. The smallest absolute Gasteiger partial charge is 0.258 e. The minimum absolute atomic E-state index is 0.257. The number of hydrogen-bond acceptors (Lipinski definition) is 5. The van der Waals surface area contributed by atoms with Gasteiger partial charge in [0.05, 0.1) is 18.2 Å². The zero-order valence-electron chi connectivity index (χ0n) is 19.0. The van der Waals surface area contributed by atoms with Crippen LogP contribution in [0.1, 0.15) is 51.1 Å². The van der Waals surface area contributed by atoms with Gasteiger partial charge in [-0.15, -0.1) is 0 Å². The van der Waals surface area contributed by atoms with Gasteiger partial charge in [0, 0.05) is 17.8 Å². The van der Waals surface area contributed by atoms with Crippen molar-refractivity contribution in [2.45, 2.75) is 39.7 Å². The molecule has 1 aliphatic heterocycles. The van der Waals surface area contributed by atoms with Crippen LogP contribution in [0.2, 0.25) is 0 Å². The van der Waals surface area contributed by atoms with Crippen LogP contribution in [0, 0.1) is 5.82 Å². The summed E-state index contributed by atoms with van der Waals surface area (Å²) in [5.74, 6) is 1.31. The lowest BCUT2D eigenvalue weighted by Gasteiger charge is -2.37. The predicted molar refractivity (Wildman–Crippen MR) is 130 cm³/mol. The monoisotopic (exact) mass is 466 g/mol. The Labute approximate surface area is 198 Å². The van der Waals surface area contributed by atoms with E-state index in [1.54, 1.807) is 12.1 Å². The van der Waals surface area contributed by atoms with Crippen molar-refractivity contribution in [3.63, 3.8) is 0 Å². The van der Waals surface area contributed by atoms with E-state index >= 15 is 0 Å². The number of nitrogens with one attached hydrogen (secondary N) is 1. The van der Waals surface area contributed by atoms with Crippen molar-refractivity contribution in [3.05, 3.63) is 71.5 Å². The summed E-state index contributed by atoms with van der Waals surface area (Å²) < 4.78 is 24.6. The maximum atomic E-state index is 13.3. The summed E-state index contributed by atoms with van der Waals surface area (Å²) in [6.45, 7) is 7.54. The van der Waals surface area contributed by atoms with Gasteiger partial charge in [0.1, 0.15) is 11.6 Å². The Kier molecular flexibility index (Phi) is 7.03. The van der Waals surface area contributed by atoms with Crippen LogP contribution in [0.3, 0.4) is 0 Å². The van der Waals surface area contributed by atoms with Gasteiger partial charge in [-0.05, 0) is 74.4 Å². The lowest BCUT2D eigenvalue weighted by molar-refractivity contribution is 0.340. The fourth-order valence-electron chi connectivity index (χ4n) is 3.87. The van der Waals surface area contributed by atoms with Crippen LogP contribution < -0.4 is 10.1 Å². The highest BCUT2D eigenvalue weighted by molar-refractivity contribution is 7.80. The molecule has 2 heterocycles. The first kappa shape index (κ1) is 22.9. The molecule has 3 aromatic rings. The van der Waals surface area contributed by atoms with Crippen molar-refractivity contribution in [1.29, 1.82) is 0 Å². The van der Waals surface area contributed by atoms with E-state index in [9.17, 15) is 4.39 Å². The summed E-state index contributed by atoms with van der Waals surface area (Å²) in [7, 11) is 0. The number of rotatable bonds is 8. The number of hydrogen-bond donors (Lipinski definition) is 1. The molecule has 0 radical (unpaired) electrons. The fourth-order valence-corrected chi connectivity index (χ4v) is 4.21. The van der Waals surface area contributed by atoms with Gasteiger partial charge in [0.25, 0.3) is 5.89 Å². The molecule has 0 aliphatic carbocycles. The number of allylic oxidation sites excluding steroid dienone is 1. The molecule has 1 aliphatic rings. The van der Waals surface area contributed by atoms with E-state index in [0.29, 0.717) is 29.0 Å². The SMILES string of the molecule is CCCCN1C(=S)NC(c2ccc(OCC)cc2)C(c2nc(-c3ccc(F)cc3)no2)=C1C. The molecule has 6 nitrogen and oxygen atoms in total. The molecule has 8 heteroatoms. The maximum Gasteiger partial charge on any atom is 0.258 e. The molecule has 172 valence electrons. The highest BCUT2D eigenvalue weighted by Crippen LogP contribution is 2.38. The standard InChI is InChI=1S/C25H27FN4O2S/c1-4-6-15-30-16(3)21(24-28-23(29-32-24)18-7-11-19(26)12-8-18)22(27-25(30)33)17-9-13-20(14-10-17)31-5-2/h7-14,22H,4-6,15H2,1-3H3,(H,27,33). The van der Waals surface area contributed by atoms with Crippen LogP contribution >= 0.6 is 12.2 Å². The molecule has 0 amide bonds. The molecule has 33 heavy (non-hydrogen) atoms. The van der Waals surface area contributed by atoms with Gasteiger partial charge < -0.3 is 19.5 Å². The second-order valence-electron chi connectivity index (χ2n) is 7.82. The Morgan fingerprint density at radius 2 is 1.85 bits per heavy atom. The number of halogens is 1. The zero-order chi connectivity index (χ0) is 23.4. The lowest BCUT2D eigenvalue weighted by atomic mass is 9.94. The second-order valence-corrected chi connectivity index (χ2v) is 8.21. The van der Waals surface area contributed by atoms with Crippen molar-refractivity contribution in [3.8, 4) is 17.1 Å². The van der Waals surface area contributed by atoms with Gasteiger partial charge in [-0.25, -0.2) is 4.39 Å². The Hall–Kier alpha value is -3.26. The molecule has 2 aromatic carbocycles. The highest BCUT2D eigenvalue weighted by Gasteiger charge is 2.33. The first-order valence-corrected chi connectivity index (χ1v) is 11.5. The normalized spacial score (nSPS) is 16.2. The van der Waals surface area contributed by atoms with Gasteiger partial charge in [-0.3, -0.25) is 0 Å². The molecular weight excluding hydrogens is 439 g/mol. The number of unbranched alkanes of at least 4 members (excludes halogenated alkanes) is 1. The number of ether oxygens (including phenoxy) is 1. The predicted octanol–water partition coefficient (Wildman–Crippen LogP) is 5.74. The fraction of sp³-hybridized carbons (Fsp3) is 0.320. The van der Waals surface area contributed by atoms with E-state index in [0.717, 1.165) is 42.0 Å². The molecule has 1 unspecified atom stereocenters. The summed E-state index contributed by atoms with van der Waals surface area (Å²) >= 11 is 5.71. The largest absolute Gasteiger partial charge is 0.494 e. The average Bonchev–Trinajstić information content (AvgIpc) is 3.29. The summed E-state index contributed by atoms with van der Waals surface area (Å²) in [6, 6.07) is 13.7. The molecule has 1 aromatic heterocycles. The lowest BCUT2D eigenvalue weighted by Crippen LogP contribution is -2.46. The first-order valence-electron chi connectivity index (χ1n) is 11.1. The van der Waals surface area contributed by atoms with Crippen LogP contribution in [-0.2, 0) is 0 Å². The summed E-state index contributed by atoms with van der Waals surface area (Å²) in [5.41, 5.74) is 3.53. The molecular formula is C25H27FN4O2S. The topological polar surface area (TPSA) is 63.4 Å². The van der Waals surface area contributed by atoms with Crippen molar-refractivity contribution in [2.24, 2.45) is 0 Å². The van der Waals surface area contributed by atoms with Crippen molar-refractivity contribution < 1.29 is 13.7 Å². The van der Waals surface area contributed by atoms with Crippen LogP contribution in [0.5, 0.6) is 5.75 Å². The van der Waals surface area contributed by atoms with Crippen LogP contribution in [0.4, 0.5) is 4.39 Å². The third kappa shape index (κ3) is 4.90. The van der Waals surface area contributed by atoms with Crippen LogP contribution in [-0.4, -0.2) is 33.3 Å². The van der Waals surface area contributed by atoms with Crippen LogP contribution in [0.15, 0.2) is 58.8 Å². The Morgan fingerprint density at radius 1 is 1.12 bits per heavy atom. The number of aromatic nitrogens is 2. The minimum atomic E-state index is -0.312. The van der Waals surface area contributed by atoms with E-state index in [1.807, 2.05) is 38.1 Å². The van der Waals surface area contributed by atoms with E-state index < -0.39 is 0 Å². The van der Waals surface area contributed by atoms with Crippen molar-refractivity contribution >= 4 is 22.9 Å². The van der Waals surface area contributed by atoms with Gasteiger partial charge >= 0.3 is 0 Å². The van der Waals surface area contributed by atoms with Gasteiger partial charge in [-0.1, -0.05) is 30.6 Å². The van der Waals surface area contributed by atoms with Gasteiger partial charge in [0.2, 0.25) is 5.82 Å². The molecule has 0 fully saturated rings. The van der Waals surface area contributed by atoms with Gasteiger partial charge in [0.15, 0.2) is 5.11 Å². The third-order valence-electron chi connectivity index (χ3n) is 5.61. The molecule has 0 bridgehead atoms. The average molecular weight is 467 g/mol. The Bertz CT molecular complexity index is 1140. The third-order valence-corrected chi connectivity index (χ3v) is 5.95. The quantitative estimate of drug-likeness (QED) is 0.425. The maximum absolute atomic E-state index is 13.3. The van der Waals surface area contributed by atoms with Gasteiger partial charge in [-0.2, -0.15) is 4.98 Å². The Balaban J connectivity index is 1.75. The van der Waals surface area contributed by atoms with E-state index in [4.69, 9.17) is 21.5 Å². The van der Waals surface area contributed by atoms with Crippen molar-refractivity contribution in [1.82, 2.24) is 20.4 Å². The van der Waals surface area contributed by atoms with E-state index in [2.05, 4.69) is 27.3 Å². The van der Waals surface area contributed by atoms with Crippen molar-refractivity contribution in [2.75, 3.05) is 13.2 Å². The summed E-state index contributed by atoms with van der Waals surface area (Å²) in [5, 5.41) is 8.28. The molecule has 1 atom stereocenters.